The topological polar surface area (TPSA) is 52.6 Å². The van der Waals surface area contributed by atoms with Gasteiger partial charge in [0, 0.05) is 19.2 Å². The maximum atomic E-state index is 12.8. The summed E-state index contributed by atoms with van der Waals surface area (Å²) < 4.78 is 12.8. The lowest BCUT2D eigenvalue weighted by Crippen LogP contribution is -2.37. The van der Waals surface area contributed by atoms with Gasteiger partial charge in [0.25, 0.3) is 0 Å². The quantitative estimate of drug-likeness (QED) is 0.767. The van der Waals surface area contributed by atoms with Crippen LogP contribution in [0.25, 0.3) is 0 Å². The molecule has 0 bridgehead atoms. The van der Waals surface area contributed by atoms with Crippen LogP contribution in [-0.4, -0.2) is 31.1 Å². The van der Waals surface area contributed by atoms with Crippen LogP contribution in [0.15, 0.2) is 42.2 Å². The molecule has 0 fully saturated rings. The lowest BCUT2D eigenvalue weighted by atomic mass is 9.88. The maximum absolute atomic E-state index is 12.8. The van der Waals surface area contributed by atoms with E-state index in [-0.39, 0.29) is 19.0 Å². The summed E-state index contributed by atoms with van der Waals surface area (Å²) in [6.45, 7) is 3.32. The first-order valence-corrected chi connectivity index (χ1v) is 6.07. The minimum absolute atomic E-state index is 0.148. The van der Waals surface area contributed by atoms with Crippen LogP contribution in [0.4, 0.5) is 10.1 Å². The molecular formula is C13H18BFN2O2. The van der Waals surface area contributed by atoms with Crippen LogP contribution < -0.4 is 10.1 Å². The molecular weight excluding hydrogens is 246 g/mol. The van der Waals surface area contributed by atoms with Crippen LogP contribution >= 0.6 is 0 Å². The number of rotatable bonds is 6. The van der Waals surface area contributed by atoms with E-state index in [1.165, 1.54) is 11.8 Å². The van der Waals surface area contributed by atoms with E-state index in [2.05, 4.69) is 5.23 Å². The molecule has 0 spiro atoms. The molecule has 1 amide bonds. The minimum atomic E-state index is -0.725. The van der Waals surface area contributed by atoms with Gasteiger partial charge in [-0.25, -0.2) is 4.39 Å². The summed E-state index contributed by atoms with van der Waals surface area (Å²) >= 11 is 0. The predicted molar refractivity (Wildman–Crippen MR) is 75.5 cm³/mol. The molecule has 6 heteroatoms. The Morgan fingerprint density at radius 1 is 1.47 bits per heavy atom. The molecule has 0 saturated carbocycles. The zero-order chi connectivity index (χ0) is 14.3. The van der Waals surface area contributed by atoms with Gasteiger partial charge in [0.1, 0.15) is 0 Å². The highest BCUT2D eigenvalue weighted by atomic mass is 19.1. The first-order valence-electron chi connectivity index (χ1n) is 6.07. The van der Waals surface area contributed by atoms with Gasteiger partial charge in [-0.3, -0.25) is 4.79 Å². The number of benzene rings is 1. The Labute approximate surface area is 113 Å². The molecule has 2 N–H and O–H groups in total. The van der Waals surface area contributed by atoms with Gasteiger partial charge in [-0.05, 0) is 24.5 Å². The van der Waals surface area contributed by atoms with Crippen molar-refractivity contribution in [1.29, 1.82) is 0 Å². The molecule has 0 aliphatic carbocycles. The van der Waals surface area contributed by atoms with Gasteiger partial charge in [-0.15, -0.1) is 0 Å². The third kappa shape index (κ3) is 5.24. The van der Waals surface area contributed by atoms with E-state index in [0.29, 0.717) is 17.6 Å². The number of nitrogens with one attached hydrogen (secondary N) is 1. The van der Waals surface area contributed by atoms with E-state index < -0.39 is 7.05 Å². The average Bonchev–Trinajstić information content (AvgIpc) is 2.39. The number of carbonyl (C=O) groups is 1. The van der Waals surface area contributed by atoms with Crippen LogP contribution in [0.2, 0.25) is 6.82 Å². The second kappa shape index (κ2) is 7.71. The van der Waals surface area contributed by atoms with Crippen molar-refractivity contribution >= 4 is 18.6 Å². The number of hydrogen-bond acceptors (Lipinski definition) is 3. The average molecular weight is 264 g/mol. The SMILES string of the molecule is CB(O)NC/C(=C\F)CN(C(C)=O)c1ccccc1. The summed E-state index contributed by atoms with van der Waals surface area (Å²) in [5.41, 5.74) is 1.10. The number of para-hydroxylation sites is 1. The van der Waals surface area contributed by atoms with Gasteiger partial charge < -0.3 is 15.2 Å². The number of anilines is 1. The molecule has 0 aliphatic heterocycles. The highest BCUT2D eigenvalue weighted by Crippen LogP contribution is 2.15. The molecule has 0 aromatic heterocycles. The molecule has 1 aromatic carbocycles. The van der Waals surface area contributed by atoms with Crippen molar-refractivity contribution in [3.8, 4) is 0 Å². The fourth-order valence-electron chi connectivity index (χ4n) is 1.60. The van der Waals surface area contributed by atoms with Crippen molar-refractivity contribution in [1.82, 2.24) is 5.23 Å². The molecule has 4 nitrogen and oxygen atoms in total. The monoisotopic (exact) mass is 264 g/mol. The Balaban J connectivity index is 2.76. The van der Waals surface area contributed by atoms with E-state index in [9.17, 15) is 9.18 Å². The smallest absolute Gasteiger partial charge is 0.373 e. The number of amides is 1. The van der Waals surface area contributed by atoms with Crippen LogP contribution in [0, 0.1) is 0 Å². The van der Waals surface area contributed by atoms with Gasteiger partial charge in [0.2, 0.25) is 5.91 Å². The van der Waals surface area contributed by atoms with Gasteiger partial charge in [0.05, 0.1) is 12.9 Å². The molecule has 102 valence electrons. The summed E-state index contributed by atoms with van der Waals surface area (Å²) in [5, 5.41) is 11.8. The van der Waals surface area contributed by atoms with Crippen molar-refractivity contribution in [2.75, 3.05) is 18.0 Å². The predicted octanol–water partition coefficient (Wildman–Crippen LogP) is 1.59. The Hall–Kier alpha value is -1.66. The van der Waals surface area contributed by atoms with Crippen LogP contribution in [0.5, 0.6) is 0 Å². The maximum Gasteiger partial charge on any atom is 0.373 e. The fraction of sp³-hybridized carbons (Fsp3) is 0.308. The Morgan fingerprint density at radius 2 is 2.11 bits per heavy atom. The van der Waals surface area contributed by atoms with Crippen LogP contribution in [0.1, 0.15) is 6.92 Å². The Bertz CT molecular complexity index is 438. The van der Waals surface area contributed by atoms with E-state index >= 15 is 0 Å². The van der Waals surface area contributed by atoms with Crippen molar-refractivity contribution in [3.05, 3.63) is 42.2 Å². The Morgan fingerprint density at radius 3 is 2.58 bits per heavy atom. The summed E-state index contributed by atoms with van der Waals surface area (Å²) in [4.78, 5) is 13.1. The minimum Gasteiger partial charge on any atom is -0.437 e. The number of halogens is 1. The number of nitrogens with zero attached hydrogens (tertiary/aromatic N) is 1. The third-order valence-corrected chi connectivity index (χ3v) is 2.59. The van der Waals surface area contributed by atoms with E-state index in [1.807, 2.05) is 18.2 Å². The first-order chi connectivity index (χ1) is 9.04. The standard InChI is InChI=1S/C13H18BFN2O2/c1-11(18)17(13-6-4-3-5-7-13)10-12(8-15)9-16-14(2)19/h3-8,16,19H,9-10H2,1-2H3/b12-8+. The summed E-state index contributed by atoms with van der Waals surface area (Å²) in [6, 6.07) is 9.07. The molecule has 1 rings (SSSR count). The highest BCUT2D eigenvalue weighted by Gasteiger charge is 2.14. The van der Waals surface area contributed by atoms with E-state index in [0.717, 1.165) is 0 Å². The van der Waals surface area contributed by atoms with Crippen molar-refractivity contribution in [3.63, 3.8) is 0 Å². The number of carbonyl (C=O) groups excluding carboxylic acids is 1. The zero-order valence-corrected chi connectivity index (χ0v) is 11.1. The summed E-state index contributed by atoms with van der Waals surface area (Å²) in [6.07, 6.45) is 0.467. The van der Waals surface area contributed by atoms with E-state index in [1.54, 1.807) is 19.0 Å². The fourth-order valence-corrected chi connectivity index (χ4v) is 1.60. The second-order valence-corrected chi connectivity index (χ2v) is 4.26. The molecule has 0 aliphatic rings. The summed E-state index contributed by atoms with van der Waals surface area (Å²) in [7, 11) is -0.725. The second-order valence-electron chi connectivity index (χ2n) is 4.26. The molecule has 1 aromatic rings. The largest absolute Gasteiger partial charge is 0.437 e. The van der Waals surface area contributed by atoms with Crippen LogP contribution in [0.3, 0.4) is 0 Å². The Kier molecular flexibility index (Phi) is 6.25. The molecule has 0 heterocycles. The summed E-state index contributed by atoms with van der Waals surface area (Å²) in [5.74, 6) is -0.164. The van der Waals surface area contributed by atoms with Crippen LogP contribution in [-0.2, 0) is 4.79 Å². The van der Waals surface area contributed by atoms with Gasteiger partial charge in [0.15, 0.2) is 0 Å². The van der Waals surface area contributed by atoms with E-state index in [4.69, 9.17) is 5.02 Å². The lowest BCUT2D eigenvalue weighted by Gasteiger charge is -2.22. The first kappa shape index (κ1) is 15.4. The third-order valence-electron chi connectivity index (χ3n) is 2.59. The van der Waals surface area contributed by atoms with Crippen molar-refractivity contribution < 1.29 is 14.2 Å². The lowest BCUT2D eigenvalue weighted by molar-refractivity contribution is -0.116. The zero-order valence-electron chi connectivity index (χ0n) is 11.1. The number of hydrogen-bond donors (Lipinski definition) is 2. The molecule has 0 saturated heterocycles. The molecule has 0 atom stereocenters. The normalized spacial score (nSPS) is 11.3. The van der Waals surface area contributed by atoms with Crippen molar-refractivity contribution in [2.45, 2.75) is 13.7 Å². The van der Waals surface area contributed by atoms with Crippen molar-refractivity contribution in [2.24, 2.45) is 0 Å². The van der Waals surface area contributed by atoms with Gasteiger partial charge in [-0.1, -0.05) is 18.2 Å². The highest BCUT2D eigenvalue weighted by molar-refractivity contribution is 6.45. The van der Waals surface area contributed by atoms with Gasteiger partial charge >= 0.3 is 7.05 Å². The molecule has 19 heavy (non-hydrogen) atoms. The van der Waals surface area contributed by atoms with Gasteiger partial charge in [-0.2, -0.15) is 0 Å². The molecule has 0 unspecified atom stereocenters. The molecule has 0 radical (unpaired) electrons.